The van der Waals surface area contributed by atoms with Crippen molar-refractivity contribution in [3.05, 3.63) is 34.4 Å². The predicted molar refractivity (Wildman–Crippen MR) is 152 cm³/mol. The Kier molecular flexibility index (Phi) is 12.3. The number of aryl methyl sites for hydroxylation is 1. The van der Waals surface area contributed by atoms with Crippen molar-refractivity contribution in [2.75, 3.05) is 0 Å². The summed E-state index contributed by atoms with van der Waals surface area (Å²) in [6.45, 7) is 4.55. The first kappa shape index (κ1) is 28.8. The van der Waals surface area contributed by atoms with Gasteiger partial charge in [0.05, 0.1) is 11.1 Å². The van der Waals surface area contributed by atoms with E-state index in [4.69, 9.17) is 0 Å². The molecule has 2 saturated carbocycles. The molecule has 2 heteroatoms. The second kappa shape index (κ2) is 15.5. The first-order valence-corrected chi connectivity index (χ1v) is 15.7. The van der Waals surface area contributed by atoms with Crippen LogP contribution in [0.3, 0.4) is 0 Å². The maximum absolute atomic E-state index is 10.6. The third kappa shape index (κ3) is 6.94. The number of rotatable bonds is 10. The number of benzene rings is 1. The molecule has 1 aromatic carbocycles. The number of unbranched alkanes of at least 4 members (excludes halogenated alkanes) is 3. The van der Waals surface area contributed by atoms with Crippen LogP contribution >= 0.6 is 0 Å². The highest BCUT2D eigenvalue weighted by Gasteiger charge is 2.47. The maximum atomic E-state index is 10.6. The van der Waals surface area contributed by atoms with Crippen LogP contribution in [-0.4, -0.2) is 0 Å². The number of hydrogen-bond donors (Lipinski definition) is 0. The van der Waals surface area contributed by atoms with Gasteiger partial charge >= 0.3 is 0 Å². The first-order chi connectivity index (χ1) is 17.7. The van der Waals surface area contributed by atoms with Crippen molar-refractivity contribution in [3.8, 4) is 12.1 Å². The van der Waals surface area contributed by atoms with Gasteiger partial charge in [0.25, 0.3) is 0 Å². The van der Waals surface area contributed by atoms with Crippen molar-refractivity contribution < 1.29 is 0 Å². The van der Waals surface area contributed by atoms with Gasteiger partial charge in [0.15, 0.2) is 0 Å². The van der Waals surface area contributed by atoms with Gasteiger partial charge in [-0.1, -0.05) is 116 Å². The van der Waals surface area contributed by atoms with Crippen molar-refractivity contribution in [1.29, 1.82) is 10.5 Å². The van der Waals surface area contributed by atoms with Crippen LogP contribution in [0.15, 0.2) is 12.1 Å². The van der Waals surface area contributed by atoms with Gasteiger partial charge in [-0.05, 0) is 67.9 Å². The molecule has 198 valence electrons. The molecule has 2 aliphatic carbocycles. The molecule has 0 aliphatic heterocycles. The molecule has 2 nitrogen and oxygen atoms in total. The molecule has 0 saturated heterocycles. The lowest BCUT2D eigenvalue weighted by molar-refractivity contribution is 0.101. The fourth-order valence-corrected chi connectivity index (χ4v) is 7.78. The van der Waals surface area contributed by atoms with Gasteiger partial charge in [-0.3, -0.25) is 0 Å². The second-order valence-electron chi connectivity index (χ2n) is 11.9. The Balaban J connectivity index is 2.19. The molecule has 3 rings (SSSR count). The van der Waals surface area contributed by atoms with E-state index in [0.29, 0.717) is 17.4 Å². The van der Waals surface area contributed by atoms with Gasteiger partial charge in [0.1, 0.15) is 12.1 Å². The van der Waals surface area contributed by atoms with E-state index in [1.165, 1.54) is 128 Å². The average molecular weight is 489 g/mol. The van der Waals surface area contributed by atoms with Gasteiger partial charge in [0, 0.05) is 5.41 Å². The summed E-state index contributed by atoms with van der Waals surface area (Å²) in [6, 6.07) is 9.79. The average Bonchev–Trinajstić information content (AvgIpc) is 2.85. The van der Waals surface area contributed by atoms with Crippen molar-refractivity contribution in [2.45, 2.75) is 154 Å². The molecule has 36 heavy (non-hydrogen) atoms. The van der Waals surface area contributed by atoms with E-state index in [1.54, 1.807) is 0 Å². The Morgan fingerprint density at radius 2 is 1.17 bits per heavy atom. The summed E-state index contributed by atoms with van der Waals surface area (Å²) in [7, 11) is 0. The molecular formula is C34H52N2. The van der Waals surface area contributed by atoms with Gasteiger partial charge in [0.2, 0.25) is 0 Å². The quantitative estimate of drug-likeness (QED) is 0.307. The number of hydrogen-bond acceptors (Lipinski definition) is 2. The molecule has 0 unspecified atom stereocenters. The van der Waals surface area contributed by atoms with E-state index in [0.717, 1.165) is 24.0 Å². The highest BCUT2D eigenvalue weighted by atomic mass is 14.5. The van der Waals surface area contributed by atoms with Crippen molar-refractivity contribution in [2.24, 2.45) is 11.8 Å². The lowest BCUT2D eigenvalue weighted by Gasteiger charge is -2.49. The minimum absolute atomic E-state index is 0.0449. The molecule has 0 aromatic heterocycles. The van der Waals surface area contributed by atoms with E-state index in [1.807, 2.05) is 0 Å². The van der Waals surface area contributed by atoms with Gasteiger partial charge < -0.3 is 0 Å². The third-order valence-corrected chi connectivity index (χ3v) is 9.68. The zero-order valence-corrected chi connectivity index (χ0v) is 23.6. The van der Waals surface area contributed by atoms with Crippen LogP contribution in [0, 0.1) is 34.5 Å². The summed E-state index contributed by atoms with van der Waals surface area (Å²) in [5.74, 6) is 1.27. The predicted octanol–water partition coefficient (Wildman–Crippen LogP) is 10.3. The van der Waals surface area contributed by atoms with E-state index in [-0.39, 0.29) is 5.41 Å². The molecule has 0 spiro atoms. The Hall–Kier alpha value is -1.80. The summed E-state index contributed by atoms with van der Waals surface area (Å²) in [5, 5.41) is 20.9. The molecule has 0 atom stereocenters. The highest BCUT2D eigenvalue weighted by molar-refractivity contribution is 5.57. The monoisotopic (exact) mass is 488 g/mol. The summed E-state index contributed by atoms with van der Waals surface area (Å²) < 4.78 is 0. The van der Waals surface area contributed by atoms with Crippen LogP contribution in [0.5, 0.6) is 0 Å². The molecule has 2 fully saturated rings. The molecule has 0 amide bonds. The molecule has 1 aromatic rings. The van der Waals surface area contributed by atoms with Crippen LogP contribution in [0.2, 0.25) is 0 Å². The molecule has 2 aliphatic rings. The Labute approximate surface area is 222 Å². The summed E-state index contributed by atoms with van der Waals surface area (Å²) in [6.07, 6.45) is 26.7. The fourth-order valence-electron chi connectivity index (χ4n) is 7.78. The van der Waals surface area contributed by atoms with E-state index < -0.39 is 0 Å². The third-order valence-electron chi connectivity index (χ3n) is 9.68. The summed E-state index contributed by atoms with van der Waals surface area (Å²) >= 11 is 0. The first-order valence-electron chi connectivity index (χ1n) is 15.7. The van der Waals surface area contributed by atoms with Gasteiger partial charge in [-0.15, -0.1) is 0 Å². The minimum atomic E-state index is 0.0449. The van der Waals surface area contributed by atoms with Gasteiger partial charge in [-0.25, -0.2) is 0 Å². The van der Waals surface area contributed by atoms with E-state index in [2.05, 4.69) is 38.1 Å². The van der Waals surface area contributed by atoms with Crippen molar-refractivity contribution >= 4 is 0 Å². The molecule has 0 N–H and O–H groups in total. The fraction of sp³-hybridized carbons (Fsp3) is 0.765. The second-order valence-corrected chi connectivity index (χ2v) is 11.9. The summed E-state index contributed by atoms with van der Waals surface area (Å²) in [4.78, 5) is 0. The smallest absolute Gasteiger partial charge is 0.101 e. The molecule has 0 radical (unpaired) electrons. The topological polar surface area (TPSA) is 47.6 Å². The Morgan fingerprint density at radius 1 is 0.667 bits per heavy atom. The highest BCUT2D eigenvalue weighted by Crippen LogP contribution is 2.53. The van der Waals surface area contributed by atoms with Crippen LogP contribution in [-0.2, 0) is 11.8 Å². The van der Waals surface area contributed by atoms with Crippen molar-refractivity contribution in [3.63, 3.8) is 0 Å². The lowest BCUT2D eigenvalue weighted by atomic mass is 9.54. The zero-order chi connectivity index (χ0) is 25.6. The van der Waals surface area contributed by atoms with Crippen LogP contribution in [0.4, 0.5) is 0 Å². The van der Waals surface area contributed by atoms with Crippen molar-refractivity contribution in [1.82, 2.24) is 0 Å². The SMILES string of the molecule is CCCCCc1ccc(C(CCCC)(C2CCCCCCC2)C2CCCCCCC2)c(C#N)c1C#N. The normalized spacial score (nSPS) is 18.9. The molecule has 0 heterocycles. The van der Waals surface area contributed by atoms with Crippen LogP contribution in [0.1, 0.15) is 165 Å². The lowest BCUT2D eigenvalue weighted by Crippen LogP contribution is -2.44. The standard InChI is InChI=1S/C34H52N2/c1-3-5-13-18-28-23-24-33(32(27-36)31(28)26-35)34(25-6-4-2,29-19-14-9-7-10-15-20-29)30-21-16-11-8-12-17-22-30/h23-24,29-30H,3-22,25H2,1-2H3. The molecular weight excluding hydrogens is 436 g/mol. The van der Waals surface area contributed by atoms with Gasteiger partial charge in [-0.2, -0.15) is 10.5 Å². The molecule has 0 bridgehead atoms. The summed E-state index contributed by atoms with van der Waals surface area (Å²) in [5.41, 5.74) is 3.86. The maximum Gasteiger partial charge on any atom is 0.101 e. The zero-order valence-electron chi connectivity index (χ0n) is 23.6. The van der Waals surface area contributed by atoms with Crippen LogP contribution in [0.25, 0.3) is 0 Å². The van der Waals surface area contributed by atoms with E-state index >= 15 is 0 Å². The Morgan fingerprint density at radius 3 is 1.64 bits per heavy atom. The largest absolute Gasteiger partial charge is 0.192 e. The number of nitrogens with zero attached hydrogens (tertiary/aromatic N) is 2. The van der Waals surface area contributed by atoms with E-state index in [9.17, 15) is 10.5 Å². The van der Waals surface area contributed by atoms with Crippen LogP contribution < -0.4 is 0 Å². The minimum Gasteiger partial charge on any atom is -0.192 e. The Bertz CT molecular complexity index is 832. The number of nitriles is 2.